The van der Waals surface area contributed by atoms with E-state index in [4.69, 9.17) is 17.3 Å². The summed E-state index contributed by atoms with van der Waals surface area (Å²) in [6.07, 6.45) is 0. The van der Waals surface area contributed by atoms with E-state index >= 15 is 0 Å². The van der Waals surface area contributed by atoms with Crippen molar-refractivity contribution in [2.75, 3.05) is 5.73 Å². The molecule has 0 aromatic heterocycles. The second-order valence-electron chi connectivity index (χ2n) is 4.68. The fraction of sp³-hybridized carbons (Fsp3) is 0. The van der Waals surface area contributed by atoms with E-state index in [0.717, 1.165) is 15.2 Å². The Morgan fingerprint density at radius 3 is 2.38 bits per heavy atom. The molecular formula is C17H11BrClNO. The third-order valence-electron chi connectivity index (χ3n) is 3.39. The van der Waals surface area contributed by atoms with Crippen LogP contribution in [0.3, 0.4) is 0 Å². The van der Waals surface area contributed by atoms with Crippen molar-refractivity contribution in [1.29, 1.82) is 0 Å². The molecule has 0 spiro atoms. The average Bonchev–Trinajstić information content (AvgIpc) is 2.50. The second kappa shape index (κ2) is 5.51. The Balaban J connectivity index is 2.23. The molecule has 104 valence electrons. The van der Waals surface area contributed by atoms with Crippen molar-refractivity contribution in [2.24, 2.45) is 0 Å². The number of fused-ring (bicyclic) bond motifs is 1. The lowest BCUT2D eigenvalue weighted by atomic mass is 9.97. The lowest BCUT2D eigenvalue weighted by Gasteiger charge is -2.09. The summed E-state index contributed by atoms with van der Waals surface area (Å²) < 4.78 is 0.952. The largest absolute Gasteiger partial charge is 0.398 e. The molecule has 0 amide bonds. The first kappa shape index (κ1) is 14.1. The van der Waals surface area contributed by atoms with E-state index in [-0.39, 0.29) is 5.78 Å². The summed E-state index contributed by atoms with van der Waals surface area (Å²) in [5.41, 5.74) is 7.22. The van der Waals surface area contributed by atoms with Gasteiger partial charge in [-0.05, 0) is 35.0 Å². The molecule has 3 rings (SSSR count). The molecule has 0 fully saturated rings. The van der Waals surface area contributed by atoms with Gasteiger partial charge < -0.3 is 5.73 Å². The zero-order valence-corrected chi connectivity index (χ0v) is 13.3. The Morgan fingerprint density at radius 2 is 1.62 bits per heavy atom. The van der Waals surface area contributed by atoms with Gasteiger partial charge in [0, 0.05) is 15.6 Å². The van der Waals surface area contributed by atoms with Crippen LogP contribution in [-0.2, 0) is 0 Å². The number of carbonyl (C=O) groups excluding carboxylic acids is 1. The maximum Gasteiger partial charge on any atom is 0.195 e. The maximum atomic E-state index is 12.8. The molecule has 0 atom stereocenters. The highest BCUT2D eigenvalue weighted by atomic mass is 79.9. The third-order valence-corrected chi connectivity index (χ3v) is 4.50. The van der Waals surface area contributed by atoms with Gasteiger partial charge in [-0.1, -0.05) is 57.9 Å². The minimum Gasteiger partial charge on any atom is -0.398 e. The van der Waals surface area contributed by atoms with Crippen molar-refractivity contribution in [3.63, 3.8) is 0 Å². The SMILES string of the molecule is Nc1cccc(C(=O)c2ccc(Br)c3ccccc23)c1Cl. The van der Waals surface area contributed by atoms with Gasteiger partial charge in [-0.25, -0.2) is 0 Å². The first-order chi connectivity index (χ1) is 10.1. The van der Waals surface area contributed by atoms with Gasteiger partial charge in [0.15, 0.2) is 5.78 Å². The second-order valence-corrected chi connectivity index (χ2v) is 5.91. The molecule has 0 bridgehead atoms. The van der Waals surface area contributed by atoms with E-state index in [9.17, 15) is 4.79 Å². The average molecular weight is 361 g/mol. The minimum atomic E-state index is -0.129. The van der Waals surface area contributed by atoms with Crippen LogP contribution in [0.25, 0.3) is 10.8 Å². The minimum absolute atomic E-state index is 0.129. The summed E-state index contributed by atoms with van der Waals surface area (Å²) in [4.78, 5) is 12.8. The lowest BCUT2D eigenvalue weighted by molar-refractivity contribution is 0.104. The van der Waals surface area contributed by atoms with Crippen LogP contribution in [0.1, 0.15) is 15.9 Å². The molecule has 0 aliphatic rings. The van der Waals surface area contributed by atoms with E-state index in [1.54, 1.807) is 24.3 Å². The molecule has 4 heteroatoms. The predicted molar refractivity (Wildman–Crippen MR) is 90.9 cm³/mol. The van der Waals surface area contributed by atoms with Crippen LogP contribution >= 0.6 is 27.5 Å². The highest BCUT2D eigenvalue weighted by Gasteiger charge is 2.17. The van der Waals surface area contributed by atoms with Crippen LogP contribution in [0.2, 0.25) is 5.02 Å². The normalized spacial score (nSPS) is 10.8. The number of halogens is 2. The van der Waals surface area contributed by atoms with E-state index in [1.165, 1.54) is 0 Å². The highest BCUT2D eigenvalue weighted by molar-refractivity contribution is 9.10. The summed E-state index contributed by atoms with van der Waals surface area (Å²) in [7, 11) is 0. The quantitative estimate of drug-likeness (QED) is 0.512. The molecule has 21 heavy (non-hydrogen) atoms. The van der Waals surface area contributed by atoms with Gasteiger partial charge in [-0.2, -0.15) is 0 Å². The predicted octanol–water partition coefficient (Wildman–Crippen LogP) is 5.07. The molecule has 0 unspecified atom stereocenters. The van der Waals surface area contributed by atoms with Crippen molar-refractivity contribution in [1.82, 2.24) is 0 Å². The summed E-state index contributed by atoms with van der Waals surface area (Å²) in [5.74, 6) is -0.129. The summed E-state index contributed by atoms with van der Waals surface area (Å²) >= 11 is 9.67. The summed E-state index contributed by atoms with van der Waals surface area (Å²) in [6, 6.07) is 16.5. The smallest absolute Gasteiger partial charge is 0.195 e. The Labute approximate surface area is 135 Å². The fourth-order valence-corrected chi connectivity index (χ4v) is 3.02. The van der Waals surface area contributed by atoms with Gasteiger partial charge in [0.05, 0.1) is 10.7 Å². The maximum absolute atomic E-state index is 12.8. The Hall–Kier alpha value is -1.84. The van der Waals surface area contributed by atoms with E-state index in [2.05, 4.69) is 15.9 Å². The third kappa shape index (κ3) is 2.43. The molecule has 0 heterocycles. The fourth-order valence-electron chi connectivity index (χ4n) is 2.33. The summed E-state index contributed by atoms with van der Waals surface area (Å²) in [5, 5.41) is 2.17. The topological polar surface area (TPSA) is 43.1 Å². The first-order valence-electron chi connectivity index (χ1n) is 6.35. The number of hydrogen-bond donors (Lipinski definition) is 1. The van der Waals surface area contributed by atoms with Crippen molar-refractivity contribution >= 4 is 49.8 Å². The van der Waals surface area contributed by atoms with Gasteiger partial charge in [0.25, 0.3) is 0 Å². The number of carbonyl (C=O) groups is 1. The molecular weight excluding hydrogens is 350 g/mol. The standard InChI is InChI=1S/C17H11BrClNO/c18-14-9-8-12(10-4-1-2-5-11(10)14)17(21)13-6-3-7-15(20)16(13)19/h1-9H,20H2. The van der Waals surface area contributed by atoms with E-state index in [1.807, 2.05) is 30.3 Å². The van der Waals surface area contributed by atoms with Gasteiger partial charge in [0.2, 0.25) is 0 Å². The van der Waals surface area contributed by atoms with Crippen molar-refractivity contribution in [2.45, 2.75) is 0 Å². The molecule has 0 saturated heterocycles. The molecule has 0 radical (unpaired) electrons. The van der Waals surface area contributed by atoms with Gasteiger partial charge in [0.1, 0.15) is 0 Å². The zero-order chi connectivity index (χ0) is 15.0. The van der Waals surface area contributed by atoms with Crippen molar-refractivity contribution in [3.05, 3.63) is 75.2 Å². The highest BCUT2D eigenvalue weighted by Crippen LogP contribution is 2.31. The van der Waals surface area contributed by atoms with E-state index < -0.39 is 0 Å². The lowest BCUT2D eigenvalue weighted by Crippen LogP contribution is -2.04. The van der Waals surface area contributed by atoms with Gasteiger partial charge >= 0.3 is 0 Å². The Kier molecular flexibility index (Phi) is 3.70. The van der Waals surface area contributed by atoms with Crippen LogP contribution in [-0.4, -0.2) is 5.78 Å². The number of hydrogen-bond acceptors (Lipinski definition) is 2. The van der Waals surface area contributed by atoms with Crippen LogP contribution in [0.15, 0.2) is 59.1 Å². The van der Waals surface area contributed by atoms with Gasteiger partial charge in [-0.15, -0.1) is 0 Å². The molecule has 3 aromatic carbocycles. The van der Waals surface area contributed by atoms with E-state index in [0.29, 0.717) is 21.8 Å². The Bertz CT molecular complexity index is 861. The van der Waals surface area contributed by atoms with Crippen molar-refractivity contribution in [3.8, 4) is 0 Å². The monoisotopic (exact) mass is 359 g/mol. The van der Waals surface area contributed by atoms with Crippen LogP contribution in [0.4, 0.5) is 5.69 Å². The molecule has 2 nitrogen and oxygen atoms in total. The summed E-state index contributed by atoms with van der Waals surface area (Å²) in [6.45, 7) is 0. The van der Waals surface area contributed by atoms with Crippen LogP contribution in [0, 0.1) is 0 Å². The zero-order valence-electron chi connectivity index (χ0n) is 10.9. The number of ketones is 1. The number of rotatable bonds is 2. The number of benzene rings is 3. The molecule has 0 aliphatic carbocycles. The van der Waals surface area contributed by atoms with Crippen LogP contribution < -0.4 is 5.73 Å². The molecule has 0 aliphatic heterocycles. The van der Waals surface area contributed by atoms with Gasteiger partial charge in [-0.3, -0.25) is 4.79 Å². The first-order valence-corrected chi connectivity index (χ1v) is 7.52. The number of nitrogen functional groups attached to an aromatic ring is 1. The molecule has 0 saturated carbocycles. The Morgan fingerprint density at radius 1 is 0.905 bits per heavy atom. The van der Waals surface area contributed by atoms with Crippen LogP contribution in [0.5, 0.6) is 0 Å². The molecule has 3 aromatic rings. The number of nitrogens with two attached hydrogens (primary N) is 1. The number of anilines is 1. The molecule has 2 N–H and O–H groups in total. The van der Waals surface area contributed by atoms with Crippen molar-refractivity contribution < 1.29 is 4.79 Å².